The van der Waals surface area contributed by atoms with Gasteiger partial charge >= 0.3 is 0 Å². The molecule has 1 rings (SSSR count). The van der Waals surface area contributed by atoms with Gasteiger partial charge in [-0.05, 0) is 41.4 Å². The van der Waals surface area contributed by atoms with Crippen molar-refractivity contribution in [2.24, 2.45) is 5.41 Å². The van der Waals surface area contributed by atoms with E-state index in [1.165, 1.54) is 5.56 Å². The van der Waals surface area contributed by atoms with Gasteiger partial charge in [0.2, 0.25) is 0 Å². The van der Waals surface area contributed by atoms with Crippen LogP contribution in [0.2, 0.25) is 0 Å². The fourth-order valence-electron chi connectivity index (χ4n) is 2.66. The van der Waals surface area contributed by atoms with E-state index in [9.17, 15) is 5.11 Å². The zero-order chi connectivity index (χ0) is 15.4. The lowest BCUT2D eigenvalue weighted by molar-refractivity contribution is 0.105. The number of hydrogen-bond acceptors (Lipinski definition) is 3. The largest absolute Gasteiger partial charge is 0.497 e. The minimum Gasteiger partial charge on any atom is -0.497 e. The third-order valence-electron chi connectivity index (χ3n) is 4.24. The highest BCUT2D eigenvalue weighted by Crippen LogP contribution is 2.40. The molecule has 0 fully saturated rings. The van der Waals surface area contributed by atoms with E-state index in [-0.39, 0.29) is 17.4 Å². The quantitative estimate of drug-likeness (QED) is 0.826. The fourth-order valence-corrected chi connectivity index (χ4v) is 2.66. The third kappa shape index (κ3) is 3.89. The zero-order valence-corrected chi connectivity index (χ0v) is 13.6. The van der Waals surface area contributed by atoms with Crippen LogP contribution in [0.25, 0.3) is 0 Å². The molecule has 114 valence electrons. The topological polar surface area (TPSA) is 38.7 Å². The number of aliphatic hydroxyl groups is 1. The van der Waals surface area contributed by atoms with Crippen LogP contribution in [0.5, 0.6) is 11.5 Å². The molecular weight excluding hydrogens is 252 g/mol. The van der Waals surface area contributed by atoms with Crippen LogP contribution in [0.3, 0.4) is 0 Å². The number of hydrogen-bond donors (Lipinski definition) is 1. The van der Waals surface area contributed by atoms with Gasteiger partial charge in [0, 0.05) is 12.7 Å². The maximum Gasteiger partial charge on any atom is 0.122 e. The van der Waals surface area contributed by atoms with Crippen LogP contribution in [0, 0.1) is 5.41 Å². The summed E-state index contributed by atoms with van der Waals surface area (Å²) in [4.78, 5) is 0. The lowest BCUT2D eigenvalue weighted by atomic mass is 9.69. The monoisotopic (exact) mass is 280 g/mol. The van der Waals surface area contributed by atoms with E-state index >= 15 is 0 Å². The molecule has 0 aliphatic rings. The molecule has 1 aromatic carbocycles. The molecule has 20 heavy (non-hydrogen) atoms. The molecule has 0 radical (unpaired) electrons. The third-order valence-corrected chi connectivity index (χ3v) is 4.24. The second-order valence-corrected chi connectivity index (χ2v) is 6.48. The molecule has 0 aliphatic carbocycles. The lowest BCUT2D eigenvalue weighted by Crippen LogP contribution is -2.31. The highest BCUT2D eigenvalue weighted by molar-refractivity contribution is 5.41. The molecule has 1 atom stereocenters. The van der Waals surface area contributed by atoms with Gasteiger partial charge in [-0.2, -0.15) is 0 Å². The maximum atomic E-state index is 9.65. The Morgan fingerprint density at radius 3 is 1.85 bits per heavy atom. The first kappa shape index (κ1) is 16.8. The van der Waals surface area contributed by atoms with Crippen molar-refractivity contribution in [3.63, 3.8) is 0 Å². The number of benzene rings is 1. The molecule has 0 spiro atoms. The summed E-state index contributed by atoms with van der Waals surface area (Å²) in [6.45, 7) is 8.86. The van der Waals surface area contributed by atoms with Crippen molar-refractivity contribution in [3.05, 3.63) is 23.8 Å². The number of methoxy groups -OCH3 is 2. The van der Waals surface area contributed by atoms with E-state index in [0.717, 1.165) is 24.3 Å². The molecular formula is C17H28O3. The van der Waals surface area contributed by atoms with Gasteiger partial charge in [-0.15, -0.1) is 0 Å². The maximum absolute atomic E-state index is 9.65. The second kappa shape index (κ2) is 6.49. The molecule has 0 bridgehead atoms. The van der Waals surface area contributed by atoms with Crippen molar-refractivity contribution in [2.45, 2.75) is 46.0 Å². The standard InChI is InChI=1S/C17H28O3/c1-7-17(4,12-18)11-16(2,3)13-8-14(19-5)10-15(9-13)20-6/h8-10,18H,7,11-12H2,1-6H3. The molecule has 0 aromatic heterocycles. The summed E-state index contributed by atoms with van der Waals surface area (Å²) in [5.41, 5.74) is 1.04. The van der Waals surface area contributed by atoms with Crippen molar-refractivity contribution in [2.75, 3.05) is 20.8 Å². The Bertz CT molecular complexity index is 412. The van der Waals surface area contributed by atoms with Gasteiger partial charge in [0.1, 0.15) is 11.5 Å². The minimum atomic E-state index is -0.0696. The van der Waals surface area contributed by atoms with E-state index in [1.807, 2.05) is 6.07 Å². The Labute approximate surface area is 122 Å². The van der Waals surface area contributed by atoms with Gasteiger partial charge in [-0.25, -0.2) is 0 Å². The van der Waals surface area contributed by atoms with Gasteiger partial charge in [0.05, 0.1) is 14.2 Å². The summed E-state index contributed by atoms with van der Waals surface area (Å²) >= 11 is 0. The smallest absolute Gasteiger partial charge is 0.122 e. The van der Waals surface area contributed by atoms with Crippen molar-refractivity contribution in [1.29, 1.82) is 0 Å². The zero-order valence-electron chi connectivity index (χ0n) is 13.6. The van der Waals surface area contributed by atoms with Gasteiger partial charge in [-0.3, -0.25) is 0 Å². The molecule has 3 heteroatoms. The Balaban J connectivity index is 3.13. The average Bonchev–Trinajstić information content (AvgIpc) is 2.46. The van der Waals surface area contributed by atoms with Crippen molar-refractivity contribution >= 4 is 0 Å². The lowest BCUT2D eigenvalue weighted by Gasteiger charge is -2.36. The first-order chi connectivity index (χ1) is 9.30. The van der Waals surface area contributed by atoms with Crippen LogP contribution in [0.1, 0.15) is 46.1 Å². The van der Waals surface area contributed by atoms with E-state index in [0.29, 0.717) is 0 Å². The summed E-state index contributed by atoms with van der Waals surface area (Å²) < 4.78 is 10.7. The van der Waals surface area contributed by atoms with Crippen LogP contribution in [0.4, 0.5) is 0 Å². The number of aliphatic hydroxyl groups excluding tert-OH is 1. The Kier molecular flexibility index (Phi) is 5.46. The van der Waals surface area contributed by atoms with Gasteiger partial charge in [-0.1, -0.05) is 27.7 Å². The number of rotatable bonds is 7. The second-order valence-electron chi connectivity index (χ2n) is 6.48. The van der Waals surface area contributed by atoms with Crippen LogP contribution < -0.4 is 9.47 Å². The molecule has 1 unspecified atom stereocenters. The molecule has 0 aliphatic heterocycles. The van der Waals surface area contributed by atoms with Gasteiger partial charge < -0.3 is 14.6 Å². The summed E-state index contributed by atoms with van der Waals surface area (Å²) in [7, 11) is 3.32. The SMILES string of the molecule is CCC(C)(CO)CC(C)(C)c1cc(OC)cc(OC)c1. The molecule has 1 N–H and O–H groups in total. The summed E-state index contributed by atoms with van der Waals surface area (Å²) in [6.07, 6.45) is 1.86. The highest BCUT2D eigenvalue weighted by Gasteiger charge is 2.32. The molecule has 0 saturated carbocycles. The van der Waals surface area contributed by atoms with E-state index in [1.54, 1.807) is 14.2 Å². The Hall–Kier alpha value is -1.22. The van der Waals surface area contributed by atoms with Crippen molar-refractivity contribution in [3.8, 4) is 11.5 Å². The van der Waals surface area contributed by atoms with Gasteiger partial charge in [0.15, 0.2) is 0 Å². The predicted octanol–water partition coefficient (Wildman–Crippen LogP) is 3.78. The minimum absolute atomic E-state index is 0.0602. The normalized spacial score (nSPS) is 14.8. The van der Waals surface area contributed by atoms with Crippen molar-refractivity contribution in [1.82, 2.24) is 0 Å². The average molecular weight is 280 g/mol. The fraction of sp³-hybridized carbons (Fsp3) is 0.647. The molecule has 3 nitrogen and oxygen atoms in total. The highest BCUT2D eigenvalue weighted by atomic mass is 16.5. The summed E-state index contributed by atoms with van der Waals surface area (Å²) in [5.74, 6) is 1.60. The van der Waals surface area contributed by atoms with Crippen LogP contribution in [-0.2, 0) is 5.41 Å². The first-order valence-corrected chi connectivity index (χ1v) is 7.14. The van der Waals surface area contributed by atoms with E-state index in [2.05, 4.69) is 39.8 Å². The van der Waals surface area contributed by atoms with E-state index < -0.39 is 0 Å². The van der Waals surface area contributed by atoms with E-state index in [4.69, 9.17) is 9.47 Å². The first-order valence-electron chi connectivity index (χ1n) is 7.14. The Morgan fingerprint density at radius 2 is 1.50 bits per heavy atom. The Morgan fingerprint density at radius 1 is 1.00 bits per heavy atom. The molecule has 0 saturated heterocycles. The molecule has 1 aromatic rings. The predicted molar refractivity (Wildman–Crippen MR) is 82.7 cm³/mol. The van der Waals surface area contributed by atoms with Crippen LogP contribution in [0.15, 0.2) is 18.2 Å². The molecule has 0 heterocycles. The van der Waals surface area contributed by atoms with Crippen LogP contribution in [-0.4, -0.2) is 25.9 Å². The van der Waals surface area contributed by atoms with Crippen LogP contribution >= 0.6 is 0 Å². The van der Waals surface area contributed by atoms with Crippen molar-refractivity contribution < 1.29 is 14.6 Å². The van der Waals surface area contributed by atoms with Gasteiger partial charge in [0.25, 0.3) is 0 Å². The summed E-state index contributed by atoms with van der Waals surface area (Å²) in [6, 6.07) is 5.98. The number of ether oxygens (including phenoxy) is 2. The summed E-state index contributed by atoms with van der Waals surface area (Å²) in [5, 5.41) is 9.65. The molecule has 0 amide bonds.